The molecule has 0 saturated heterocycles. The first-order valence-corrected chi connectivity index (χ1v) is 8.28. The van der Waals surface area contributed by atoms with E-state index >= 15 is 0 Å². The highest BCUT2D eigenvalue weighted by Crippen LogP contribution is 2.38. The summed E-state index contributed by atoms with van der Waals surface area (Å²) in [5.41, 5.74) is 2.08. The second-order valence-corrected chi connectivity index (χ2v) is 5.95. The van der Waals surface area contributed by atoms with E-state index in [9.17, 15) is 4.79 Å². The molecule has 0 fully saturated rings. The fraction of sp³-hybridized carbons (Fsp3) is 0.316. The first kappa shape index (κ1) is 18.9. The van der Waals surface area contributed by atoms with Gasteiger partial charge < -0.3 is 19.5 Å². The number of aryl methyl sites for hydroxylation is 1. The maximum Gasteiger partial charge on any atom is 0.257 e. The second-order valence-electron chi connectivity index (χ2n) is 5.51. The van der Waals surface area contributed by atoms with Crippen molar-refractivity contribution in [1.29, 1.82) is 0 Å². The fourth-order valence-electron chi connectivity index (χ4n) is 2.34. The number of hydrogen-bond donors (Lipinski definition) is 1. The molecule has 6 heteroatoms. The Bertz CT molecular complexity index is 691. The van der Waals surface area contributed by atoms with Crippen LogP contribution in [0.2, 0.25) is 5.02 Å². The van der Waals surface area contributed by atoms with Crippen LogP contribution in [0, 0.1) is 6.92 Å². The molecule has 0 aliphatic heterocycles. The summed E-state index contributed by atoms with van der Waals surface area (Å²) in [7, 11) is 3.10. The molecule has 0 radical (unpaired) electrons. The van der Waals surface area contributed by atoms with Crippen molar-refractivity contribution in [1.82, 2.24) is 5.32 Å². The number of halogens is 1. The number of ether oxygens (including phenoxy) is 3. The van der Waals surface area contributed by atoms with Crippen LogP contribution in [0.25, 0.3) is 0 Å². The third kappa shape index (κ3) is 5.57. The SMILES string of the molecule is COc1cc(C)cc(OC)c1OCC(=O)NCCc1ccc(Cl)cc1. The zero-order valence-corrected chi connectivity index (χ0v) is 15.4. The summed E-state index contributed by atoms with van der Waals surface area (Å²) in [6.07, 6.45) is 0.722. The predicted molar refractivity (Wildman–Crippen MR) is 97.9 cm³/mol. The number of amides is 1. The molecular formula is C19H22ClNO4. The molecule has 0 aliphatic carbocycles. The minimum atomic E-state index is -0.210. The maximum absolute atomic E-state index is 12.0. The third-order valence-corrected chi connectivity index (χ3v) is 3.85. The minimum Gasteiger partial charge on any atom is -0.493 e. The molecular weight excluding hydrogens is 342 g/mol. The van der Waals surface area contributed by atoms with E-state index in [1.807, 2.05) is 43.3 Å². The van der Waals surface area contributed by atoms with Gasteiger partial charge in [-0.3, -0.25) is 4.79 Å². The van der Waals surface area contributed by atoms with Gasteiger partial charge in [0.15, 0.2) is 18.1 Å². The summed E-state index contributed by atoms with van der Waals surface area (Å²) in [4.78, 5) is 12.0. The molecule has 0 bridgehead atoms. The Labute approximate surface area is 152 Å². The number of benzene rings is 2. The van der Waals surface area contributed by atoms with E-state index in [2.05, 4.69) is 5.32 Å². The van der Waals surface area contributed by atoms with E-state index in [-0.39, 0.29) is 12.5 Å². The first-order valence-electron chi connectivity index (χ1n) is 7.90. The van der Waals surface area contributed by atoms with Gasteiger partial charge in [0.2, 0.25) is 5.75 Å². The lowest BCUT2D eigenvalue weighted by Gasteiger charge is -2.15. The fourth-order valence-corrected chi connectivity index (χ4v) is 2.47. The smallest absolute Gasteiger partial charge is 0.257 e. The lowest BCUT2D eigenvalue weighted by molar-refractivity contribution is -0.123. The molecule has 134 valence electrons. The number of carbonyl (C=O) groups excluding carboxylic acids is 1. The molecule has 0 aromatic heterocycles. The van der Waals surface area contributed by atoms with Gasteiger partial charge in [0.1, 0.15) is 0 Å². The van der Waals surface area contributed by atoms with Crippen molar-refractivity contribution in [3.05, 3.63) is 52.5 Å². The summed E-state index contributed by atoms with van der Waals surface area (Å²) in [5.74, 6) is 1.28. The predicted octanol–water partition coefficient (Wildman–Crippen LogP) is 3.40. The average molecular weight is 364 g/mol. The van der Waals surface area contributed by atoms with E-state index in [0.29, 0.717) is 28.8 Å². The molecule has 0 unspecified atom stereocenters. The minimum absolute atomic E-state index is 0.115. The zero-order chi connectivity index (χ0) is 18.2. The van der Waals surface area contributed by atoms with Gasteiger partial charge in [-0.25, -0.2) is 0 Å². The molecule has 0 spiro atoms. The quantitative estimate of drug-likeness (QED) is 0.781. The van der Waals surface area contributed by atoms with E-state index in [1.54, 1.807) is 14.2 Å². The Balaban J connectivity index is 1.86. The Kier molecular flexibility index (Phi) is 6.95. The Morgan fingerprint density at radius 2 is 1.68 bits per heavy atom. The number of methoxy groups -OCH3 is 2. The van der Waals surface area contributed by atoms with Crippen LogP contribution in [-0.2, 0) is 11.2 Å². The zero-order valence-electron chi connectivity index (χ0n) is 14.6. The molecule has 5 nitrogen and oxygen atoms in total. The Morgan fingerprint density at radius 3 is 2.24 bits per heavy atom. The van der Waals surface area contributed by atoms with E-state index in [0.717, 1.165) is 17.5 Å². The molecule has 2 aromatic rings. The molecule has 1 amide bonds. The summed E-state index contributed by atoms with van der Waals surface area (Å²) in [6.45, 7) is 2.33. The van der Waals surface area contributed by atoms with Crippen molar-refractivity contribution < 1.29 is 19.0 Å². The normalized spacial score (nSPS) is 10.2. The van der Waals surface area contributed by atoms with Gasteiger partial charge in [-0.2, -0.15) is 0 Å². The highest BCUT2D eigenvalue weighted by atomic mass is 35.5. The third-order valence-electron chi connectivity index (χ3n) is 3.60. The van der Waals surface area contributed by atoms with Gasteiger partial charge in [-0.1, -0.05) is 23.7 Å². The van der Waals surface area contributed by atoms with Crippen LogP contribution in [0.4, 0.5) is 0 Å². The van der Waals surface area contributed by atoms with Gasteiger partial charge in [0.25, 0.3) is 5.91 Å². The highest BCUT2D eigenvalue weighted by Gasteiger charge is 2.14. The van der Waals surface area contributed by atoms with Crippen molar-refractivity contribution in [3.8, 4) is 17.2 Å². The van der Waals surface area contributed by atoms with Crippen molar-refractivity contribution in [2.75, 3.05) is 27.4 Å². The van der Waals surface area contributed by atoms with Crippen LogP contribution in [0.1, 0.15) is 11.1 Å². The molecule has 0 saturated carbocycles. The summed E-state index contributed by atoms with van der Waals surface area (Å²) in [6, 6.07) is 11.2. The van der Waals surface area contributed by atoms with E-state index < -0.39 is 0 Å². The Morgan fingerprint density at radius 1 is 1.08 bits per heavy atom. The molecule has 0 atom stereocenters. The van der Waals surface area contributed by atoms with Crippen LogP contribution < -0.4 is 19.5 Å². The molecule has 25 heavy (non-hydrogen) atoms. The van der Waals surface area contributed by atoms with Gasteiger partial charge in [0, 0.05) is 11.6 Å². The second kappa shape index (κ2) is 9.18. The van der Waals surface area contributed by atoms with Gasteiger partial charge >= 0.3 is 0 Å². The van der Waals surface area contributed by atoms with Gasteiger partial charge in [-0.15, -0.1) is 0 Å². The first-order chi connectivity index (χ1) is 12.0. The van der Waals surface area contributed by atoms with Crippen molar-refractivity contribution >= 4 is 17.5 Å². The van der Waals surface area contributed by atoms with Crippen LogP contribution in [-0.4, -0.2) is 33.3 Å². The van der Waals surface area contributed by atoms with E-state index in [1.165, 1.54) is 0 Å². The largest absolute Gasteiger partial charge is 0.493 e. The number of carbonyl (C=O) groups is 1. The topological polar surface area (TPSA) is 56.8 Å². The summed E-state index contributed by atoms with van der Waals surface area (Å²) >= 11 is 5.85. The van der Waals surface area contributed by atoms with Crippen LogP contribution in [0.3, 0.4) is 0 Å². The van der Waals surface area contributed by atoms with Gasteiger partial charge in [0.05, 0.1) is 14.2 Å². The number of rotatable bonds is 8. The molecule has 0 heterocycles. The van der Waals surface area contributed by atoms with Gasteiger partial charge in [-0.05, 0) is 48.7 Å². The van der Waals surface area contributed by atoms with Crippen molar-refractivity contribution in [2.24, 2.45) is 0 Å². The molecule has 0 aliphatic rings. The number of hydrogen-bond acceptors (Lipinski definition) is 4. The van der Waals surface area contributed by atoms with Crippen LogP contribution in [0.5, 0.6) is 17.2 Å². The van der Waals surface area contributed by atoms with Crippen LogP contribution in [0.15, 0.2) is 36.4 Å². The highest BCUT2D eigenvalue weighted by molar-refractivity contribution is 6.30. The van der Waals surface area contributed by atoms with Crippen LogP contribution >= 0.6 is 11.6 Å². The lowest BCUT2D eigenvalue weighted by Crippen LogP contribution is -2.30. The summed E-state index contributed by atoms with van der Waals surface area (Å²) < 4.78 is 16.2. The summed E-state index contributed by atoms with van der Waals surface area (Å²) in [5, 5.41) is 3.52. The average Bonchev–Trinajstić information content (AvgIpc) is 2.61. The standard InChI is InChI=1S/C19H22ClNO4/c1-13-10-16(23-2)19(17(11-13)24-3)25-12-18(22)21-9-8-14-4-6-15(20)7-5-14/h4-7,10-11H,8-9,12H2,1-3H3,(H,21,22). The maximum atomic E-state index is 12.0. The molecule has 2 aromatic carbocycles. The van der Waals surface area contributed by atoms with E-state index in [4.69, 9.17) is 25.8 Å². The molecule has 1 N–H and O–H groups in total. The molecule has 2 rings (SSSR count). The van der Waals surface area contributed by atoms with Crippen molar-refractivity contribution in [2.45, 2.75) is 13.3 Å². The monoisotopic (exact) mass is 363 g/mol. The lowest BCUT2D eigenvalue weighted by atomic mass is 10.1. The Hall–Kier alpha value is -2.40. The van der Waals surface area contributed by atoms with Crippen molar-refractivity contribution in [3.63, 3.8) is 0 Å². The number of nitrogens with one attached hydrogen (secondary N) is 1.